The number of nitrogens with zero attached hydrogens (tertiary/aromatic N) is 2. The first-order valence-electron chi connectivity index (χ1n) is 6.68. The van der Waals surface area contributed by atoms with Crippen molar-refractivity contribution >= 4 is 11.8 Å². The van der Waals surface area contributed by atoms with Crippen LogP contribution in [0.4, 0.5) is 0 Å². The Hall–Kier alpha value is -2.49. The second-order valence-corrected chi connectivity index (χ2v) is 5.12. The predicted molar refractivity (Wildman–Crippen MR) is 72.2 cm³/mol. The van der Waals surface area contributed by atoms with Gasteiger partial charge in [-0.15, -0.1) is 0 Å². The molecule has 2 amide bonds. The van der Waals surface area contributed by atoms with Crippen LogP contribution in [-0.4, -0.2) is 21.7 Å². The molecule has 98 valence electrons. The average molecular weight is 264 g/mol. The van der Waals surface area contributed by atoms with Crippen molar-refractivity contribution in [1.82, 2.24) is 9.88 Å². The zero-order valence-electron chi connectivity index (χ0n) is 10.7. The van der Waals surface area contributed by atoms with Gasteiger partial charge in [-0.3, -0.25) is 19.5 Å². The van der Waals surface area contributed by atoms with Crippen molar-refractivity contribution in [2.45, 2.75) is 18.9 Å². The standard InChI is InChI=1S/C16H12N2O2/c19-15-10-4-1-2-5-11(10)16(20)18(15)14-8-7-13-12(14)6-3-9-17-13/h1-6,9,14H,7-8H2. The van der Waals surface area contributed by atoms with Crippen molar-refractivity contribution in [3.05, 3.63) is 65.0 Å². The van der Waals surface area contributed by atoms with E-state index >= 15 is 0 Å². The number of hydrogen-bond donors (Lipinski definition) is 0. The predicted octanol–water partition coefficient (Wildman–Crippen LogP) is 2.37. The number of hydrogen-bond acceptors (Lipinski definition) is 3. The maximum absolute atomic E-state index is 12.5. The first-order valence-corrected chi connectivity index (χ1v) is 6.68. The first-order chi connectivity index (χ1) is 9.77. The van der Waals surface area contributed by atoms with Gasteiger partial charge in [-0.25, -0.2) is 0 Å². The Morgan fingerprint density at radius 1 is 1.00 bits per heavy atom. The minimum absolute atomic E-state index is 0.175. The van der Waals surface area contributed by atoms with E-state index in [-0.39, 0.29) is 17.9 Å². The van der Waals surface area contributed by atoms with Gasteiger partial charge in [0.2, 0.25) is 0 Å². The topological polar surface area (TPSA) is 50.3 Å². The highest BCUT2D eigenvalue weighted by atomic mass is 16.2. The van der Waals surface area contributed by atoms with Crippen LogP contribution >= 0.6 is 0 Å². The molecule has 0 spiro atoms. The summed E-state index contributed by atoms with van der Waals surface area (Å²) in [6.45, 7) is 0. The monoisotopic (exact) mass is 264 g/mol. The van der Waals surface area contributed by atoms with Crippen molar-refractivity contribution in [3.8, 4) is 0 Å². The third-order valence-electron chi connectivity index (χ3n) is 4.08. The molecule has 4 nitrogen and oxygen atoms in total. The zero-order chi connectivity index (χ0) is 13.7. The Kier molecular flexibility index (Phi) is 2.27. The lowest BCUT2D eigenvalue weighted by Crippen LogP contribution is -2.33. The molecule has 0 saturated carbocycles. The molecule has 1 atom stereocenters. The summed E-state index contributed by atoms with van der Waals surface area (Å²) in [6.07, 6.45) is 3.33. The highest BCUT2D eigenvalue weighted by Gasteiger charge is 2.42. The minimum Gasteiger partial charge on any atom is -0.269 e. The fourth-order valence-corrected chi connectivity index (χ4v) is 3.15. The number of aromatic nitrogens is 1. The van der Waals surface area contributed by atoms with Crippen LogP contribution in [0.25, 0.3) is 0 Å². The van der Waals surface area contributed by atoms with Gasteiger partial charge in [0.15, 0.2) is 0 Å². The highest BCUT2D eigenvalue weighted by molar-refractivity contribution is 6.21. The molecule has 1 unspecified atom stereocenters. The number of aryl methyl sites for hydroxylation is 1. The third kappa shape index (κ3) is 1.39. The van der Waals surface area contributed by atoms with E-state index in [0.717, 1.165) is 24.1 Å². The third-order valence-corrected chi connectivity index (χ3v) is 4.08. The van der Waals surface area contributed by atoms with E-state index in [2.05, 4.69) is 4.98 Å². The zero-order valence-corrected chi connectivity index (χ0v) is 10.7. The summed E-state index contributed by atoms with van der Waals surface area (Å²) < 4.78 is 0. The van der Waals surface area contributed by atoms with Crippen LogP contribution in [0.15, 0.2) is 42.6 Å². The molecule has 2 aromatic rings. The fourth-order valence-electron chi connectivity index (χ4n) is 3.15. The van der Waals surface area contributed by atoms with Crippen molar-refractivity contribution in [2.75, 3.05) is 0 Å². The Labute approximate surface area is 116 Å². The molecule has 0 fully saturated rings. The maximum Gasteiger partial charge on any atom is 0.262 e. The van der Waals surface area contributed by atoms with Gasteiger partial charge >= 0.3 is 0 Å². The molecule has 2 heterocycles. The molecule has 4 heteroatoms. The number of imide groups is 1. The Balaban J connectivity index is 1.79. The van der Waals surface area contributed by atoms with E-state index in [4.69, 9.17) is 0 Å². The number of carbonyl (C=O) groups excluding carboxylic acids is 2. The minimum atomic E-state index is -0.188. The van der Waals surface area contributed by atoms with Crippen LogP contribution < -0.4 is 0 Å². The molecule has 1 aromatic heterocycles. The van der Waals surface area contributed by atoms with E-state index in [9.17, 15) is 9.59 Å². The van der Waals surface area contributed by atoms with Gasteiger partial charge in [0, 0.05) is 11.9 Å². The number of fused-ring (bicyclic) bond motifs is 2. The van der Waals surface area contributed by atoms with Gasteiger partial charge in [-0.05, 0) is 36.6 Å². The number of benzene rings is 1. The van der Waals surface area contributed by atoms with E-state index < -0.39 is 0 Å². The molecule has 20 heavy (non-hydrogen) atoms. The van der Waals surface area contributed by atoms with Crippen molar-refractivity contribution in [2.24, 2.45) is 0 Å². The summed E-state index contributed by atoms with van der Waals surface area (Å²) in [5.74, 6) is -0.375. The van der Waals surface area contributed by atoms with Gasteiger partial charge in [0.1, 0.15) is 0 Å². The maximum atomic E-state index is 12.5. The molecular formula is C16H12N2O2. The molecule has 0 radical (unpaired) electrons. The summed E-state index contributed by atoms with van der Waals surface area (Å²) in [5.41, 5.74) is 3.01. The Morgan fingerprint density at radius 3 is 2.40 bits per heavy atom. The SMILES string of the molecule is O=C1c2ccccc2C(=O)N1C1CCc2ncccc21. The highest BCUT2D eigenvalue weighted by Crippen LogP contribution is 2.39. The van der Waals surface area contributed by atoms with E-state index in [1.165, 1.54) is 4.90 Å². The summed E-state index contributed by atoms with van der Waals surface area (Å²) >= 11 is 0. The molecule has 2 aliphatic rings. The van der Waals surface area contributed by atoms with Gasteiger partial charge < -0.3 is 0 Å². The van der Waals surface area contributed by atoms with Crippen LogP contribution in [0.5, 0.6) is 0 Å². The van der Waals surface area contributed by atoms with Crippen molar-refractivity contribution < 1.29 is 9.59 Å². The average Bonchev–Trinajstić information content (AvgIpc) is 3.01. The van der Waals surface area contributed by atoms with Crippen LogP contribution in [0.3, 0.4) is 0 Å². The molecule has 1 aliphatic carbocycles. The normalized spacial score (nSPS) is 20.2. The molecule has 1 aromatic carbocycles. The summed E-state index contributed by atoms with van der Waals surface area (Å²) in [4.78, 5) is 30.7. The van der Waals surface area contributed by atoms with Gasteiger partial charge in [-0.2, -0.15) is 0 Å². The van der Waals surface area contributed by atoms with Gasteiger partial charge in [0.25, 0.3) is 11.8 Å². The van der Waals surface area contributed by atoms with Crippen LogP contribution in [0.2, 0.25) is 0 Å². The number of rotatable bonds is 1. The van der Waals surface area contributed by atoms with Gasteiger partial charge in [-0.1, -0.05) is 18.2 Å². The first kappa shape index (κ1) is 11.3. The smallest absolute Gasteiger partial charge is 0.262 e. The van der Waals surface area contributed by atoms with E-state index in [1.807, 2.05) is 12.1 Å². The fraction of sp³-hybridized carbons (Fsp3) is 0.188. The molecule has 1 aliphatic heterocycles. The second kappa shape index (κ2) is 4.00. The summed E-state index contributed by atoms with van der Waals surface area (Å²) in [5, 5.41) is 0. The molecule has 0 N–H and O–H groups in total. The van der Waals surface area contributed by atoms with Crippen molar-refractivity contribution in [3.63, 3.8) is 0 Å². The largest absolute Gasteiger partial charge is 0.269 e. The Bertz CT molecular complexity index is 704. The van der Waals surface area contributed by atoms with Crippen LogP contribution in [0.1, 0.15) is 44.4 Å². The van der Waals surface area contributed by atoms with Crippen LogP contribution in [0, 0.1) is 0 Å². The van der Waals surface area contributed by atoms with E-state index in [1.54, 1.807) is 30.5 Å². The lowest BCUT2D eigenvalue weighted by atomic mass is 10.1. The number of pyridine rings is 1. The van der Waals surface area contributed by atoms with Crippen molar-refractivity contribution in [1.29, 1.82) is 0 Å². The number of carbonyl (C=O) groups is 2. The van der Waals surface area contributed by atoms with E-state index in [0.29, 0.717) is 11.1 Å². The molecule has 0 bridgehead atoms. The van der Waals surface area contributed by atoms with Crippen LogP contribution in [-0.2, 0) is 6.42 Å². The lowest BCUT2D eigenvalue weighted by molar-refractivity contribution is 0.0582. The summed E-state index contributed by atoms with van der Waals surface area (Å²) in [7, 11) is 0. The van der Waals surface area contributed by atoms with Gasteiger partial charge in [0.05, 0.1) is 17.2 Å². The second-order valence-electron chi connectivity index (χ2n) is 5.12. The lowest BCUT2D eigenvalue weighted by Gasteiger charge is -2.22. The number of amides is 2. The summed E-state index contributed by atoms with van der Waals surface area (Å²) in [6, 6.07) is 10.7. The molecule has 0 saturated heterocycles. The Morgan fingerprint density at radius 2 is 1.70 bits per heavy atom. The quantitative estimate of drug-likeness (QED) is 0.743. The molecule has 4 rings (SSSR count). The molecular weight excluding hydrogens is 252 g/mol.